The lowest BCUT2D eigenvalue weighted by atomic mass is 9.83. The molecule has 0 aliphatic heterocycles. The molecule has 0 spiro atoms. The summed E-state index contributed by atoms with van der Waals surface area (Å²) in [5.41, 5.74) is 0. The molecule has 0 aromatic rings. The SMILES string of the molecule is CSC(C)C(=O)NCC(NC(=O)C(C)SC)C1CCCCC1. The van der Waals surface area contributed by atoms with Crippen molar-refractivity contribution in [2.24, 2.45) is 5.92 Å². The lowest BCUT2D eigenvalue weighted by Gasteiger charge is -2.32. The van der Waals surface area contributed by atoms with E-state index in [1.165, 1.54) is 31.0 Å². The van der Waals surface area contributed by atoms with Crippen molar-refractivity contribution in [3.63, 3.8) is 0 Å². The van der Waals surface area contributed by atoms with Crippen molar-refractivity contribution in [1.29, 1.82) is 0 Å². The molecule has 2 amide bonds. The van der Waals surface area contributed by atoms with E-state index in [1.54, 1.807) is 11.8 Å². The van der Waals surface area contributed by atoms with Gasteiger partial charge in [0.1, 0.15) is 0 Å². The number of nitrogens with one attached hydrogen (secondary N) is 2. The zero-order valence-electron chi connectivity index (χ0n) is 14.2. The Hall–Kier alpha value is -0.360. The molecule has 6 heteroatoms. The minimum absolute atomic E-state index is 0.0483. The van der Waals surface area contributed by atoms with E-state index in [4.69, 9.17) is 0 Å². The molecule has 128 valence electrons. The fourth-order valence-electron chi connectivity index (χ4n) is 2.74. The number of hydrogen-bond donors (Lipinski definition) is 2. The molecule has 0 aromatic heterocycles. The third-order valence-electron chi connectivity index (χ3n) is 4.49. The molecule has 0 radical (unpaired) electrons. The maximum absolute atomic E-state index is 12.2. The topological polar surface area (TPSA) is 58.2 Å². The Morgan fingerprint density at radius 2 is 1.55 bits per heavy atom. The van der Waals surface area contributed by atoms with Crippen LogP contribution in [0.15, 0.2) is 0 Å². The van der Waals surface area contributed by atoms with E-state index >= 15 is 0 Å². The maximum atomic E-state index is 12.2. The number of rotatable bonds is 8. The standard InChI is InChI=1S/C16H30N2O2S2/c1-11(21-3)15(19)17-10-14(13-8-6-5-7-9-13)18-16(20)12(2)22-4/h11-14H,5-10H2,1-4H3,(H,17,19)(H,18,20). The first-order valence-corrected chi connectivity index (χ1v) is 10.7. The largest absolute Gasteiger partial charge is 0.353 e. The Morgan fingerprint density at radius 1 is 1.00 bits per heavy atom. The van der Waals surface area contributed by atoms with Gasteiger partial charge >= 0.3 is 0 Å². The van der Waals surface area contributed by atoms with Crippen LogP contribution in [-0.4, -0.2) is 47.4 Å². The summed E-state index contributed by atoms with van der Waals surface area (Å²) in [5, 5.41) is 6.08. The van der Waals surface area contributed by atoms with Crippen LogP contribution in [0.5, 0.6) is 0 Å². The Bertz CT molecular complexity index is 360. The van der Waals surface area contributed by atoms with Crippen LogP contribution in [0.4, 0.5) is 0 Å². The Morgan fingerprint density at radius 3 is 2.09 bits per heavy atom. The molecule has 1 fully saturated rings. The zero-order chi connectivity index (χ0) is 16.5. The lowest BCUT2D eigenvalue weighted by Crippen LogP contribution is -2.51. The van der Waals surface area contributed by atoms with Crippen LogP contribution in [-0.2, 0) is 9.59 Å². The average molecular weight is 347 g/mol. The Labute approximate surface area is 143 Å². The minimum atomic E-state index is -0.0492. The zero-order valence-corrected chi connectivity index (χ0v) is 15.8. The van der Waals surface area contributed by atoms with Gasteiger partial charge in [-0.3, -0.25) is 9.59 Å². The highest BCUT2D eigenvalue weighted by molar-refractivity contribution is 8.00. The highest BCUT2D eigenvalue weighted by Gasteiger charge is 2.27. The van der Waals surface area contributed by atoms with Crippen LogP contribution >= 0.6 is 23.5 Å². The molecule has 1 rings (SSSR count). The molecule has 1 aliphatic carbocycles. The first-order valence-electron chi connectivity index (χ1n) is 8.13. The van der Waals surface area contributed by atoms with Crippen molar-refractivity contribution in [3.05, 3.63) is 0 Å². The van der Waals surface area contributed by atoms with E-state index in [1.807, 2.05) is 26.4 Å². The summed E-state index contributed by atoms with van der Waals surface area (Å²) in [7, 11) is 0. The molecule has 0 aromatic carbocycles. The fourth-order valence-corrected chi connectivity index (χ4v) is 3.32. The van der Waals surface area contributed by atoms with Crippen molar-refractivity contribution < 1.29 is 9.59 Å². The monoisotopic (exact) mass is 346 g/mol. The second-order valence-corrected chi connectivity index (χ2v) is 8.37. The smallest absolute Gasteiger partial charge is 0.233 e. The molecule has 2 N–H and O–H groups in total. The van der Waals surface area contributed by atoms with E-state index < -0.39 is 0 Å². The van der Waals surface area contributed by atoms with E-state index in [2.05, 4.69) is 10.6 Å². The maximum Gasteiger partial charge on any atom is 0.233 e. The molecule has 3 unspecified atom stereocenters. The lowest BCUT2D eigenvalue weighted by molar-refractivity contribution is -0.123. The summed E-state index contributed by atoms with van der Waals surface area (Å²) in [5.74, 6) is 0.618. The van der Waals surface area contributed by atoms with Crippen molar-refractivity contribution in [2.75, 3.05) is 19.1 Å². The molecular weight excluding hydrogens is 316 g/mol. The summed E-state index contributed by atoms with van der Waals surface area (Å²) in [6.45, 7) is 4.37. The van der Waals surface area contributed by atoms with Crippen LogP contribution in [0, 0.1) is 5.92 Å². The van der Waals surface area contributed by atoms with Crippen LogP contribution in [0.2, 0.25) is 0 Å². The number of carbonyl (C=O) groups is 2. The van der Waals surface area contributed by atoms with Crippen LogP contribution in [0.1, 0.15) is 46.0 Å². The van der Waals surface area contributed by atoms with Crippen molar-refractivity contribution in [2.45, 2.75) is 62.5 Å². The van der Waals surface area contributed by atoms with Crippen molar-refractivity contribution in [1.82, 2.24) is 10.6 Å². The van der Waals surface area contributed by atoms with Crippen LogP contribution in [0.25, 0.3) is 0 Å². The Balaban J connectivity index is 2.61. The van der Waals surface area contributed by atoms with E-state index in [-0.39, 0.29) is 28.4 Å². The first kappa shape index (κ1) is 19.7. The fraction of sp³-hybridized carbons (Fsp3) is 0.875. The van der Waals surface area contributed by atoms with Crippen molar-refractivity contribution in [3.8, 4) is 0 Å². The molecule has 0 bridgehead atoms. The number of amides is 2. The van der Waals surface area contributed by atoms with E-state index in [0.29, 0.717) is 12.5 Å². The normalized spacial score (nSPS) is 20.0. The third kappa shape index (κ3) is 6.41. The third-order valence-corrected chi connectivity index (χ3v) is 6.33. The Kier molecular flexibility index (Phi) is 9.33. The van der Waals surface area contributed by atoms with Gasteiger partial charge in [0.2, 0.25) is 11.8 Å². The van der Waals surface area contributed by atoms with Gasteiger partial charge in [0.05, 0.1) is 10.5 Å². The molecule has 0 heterocycles. The van der Waals surface area contributed by atoms with Gasteiger partial charge in [0.25, 0.3) is 0 Å². The van der Waals surface area contributed by atoms with E-state index in [9.17, 15) is 9.59 Å². The summed E-state index contributed by atoms with van der Waals surface area (Å²) < 4.78 is 0. The molecule has 1 aliphatic rings. The van der Waals surface area contributed by atoms with Gasteiger partial charge in [-0.15, -0.1) is 0 Å². The molecule has 1 saturated carbocycles. The summed E-state index contributed by atoms with van der Waals surface area (Å²) >= 11 is 3.09. The summed E-state index contributed by atoms with van der Waals surface area (Å²) in [4.78, 5) is 24.2. The molecule has 4 nitrogen and oxygen atoms in total. The molecule has 0 saturated heterocycles. The van der Waals surface area contributed by atoms with Gasteiger partial charge in [0.15, 0.2) is 0 Å². The van der Waals surface area contributed by atoms with E-state index in [0.717, 1.165) is 12.8 Å². The molecular formula is C16H30N2O2S2. The molecule has 3 atom stereocenters. The predicted octanol–water partition coefficient (Wildman–Crippen LogP) is 2.67. The average Bonchev–Trinajstić information content (AvgIpc) is 2.57. The highest BCUT2D eigenvalue weighted by Crippen LogP contribution is 2.26. The number of hydrogen-bond acceptors (Lipinski definition) is 4. The number of carbonyl (C=O) groups excluding carboxylic acids is 2. The summed E-state index contributed by atoms with van der Waals surface area (Å²) in [6.07, 6.45) is 9.91. The van der Waals surface area contributed by atoms with Crippen LogP contribution in [0.3, 0.4) is 0 Å². The van der Waals surface area contributed by atoms with Gasteiger partial charge in [-0.05, 0) is 45.1 Å². The first-order chi connectivity index (χ1) is 10.5. The van der Waals surface area contributed by atoms with Crippen molar-refractivity contribution >= 4 is 35.3 Å². The quantitative estimate of drug-likeness (QED) is 0.709. The highest BCUT2D eigenvalue weighted by atomic mass is 32.2. The van der Waals surface area contributed by atoms with Gasteiger partial charge in [-0.1, -0.05) is 19.3 Å². The van der Waals surface area contributed by atoms with Gasteiger partial charge in [0, 0.05) is 12.6 Å². The number of thioether (sulfide) groups is 2. The van der Waals surface area contributed by atoms with Gasteiger partial charge in [-0.25, -0.2) is 0 Å². The molecule has 22 heavy (non-hydrogen) atoms. The minimum Gasteiger partial charge on any atom is -0.353 e. The van der Waals surface area contributed by atoms with Gasteiger partial charge in [-0.2, -0.15) is 23.5 Å². The predicted molar refractivity (Wildman–Crippen MR) is 97.5 cm³/mol. The second kappa shape index (κ2) is 10.4. The summed E-state index contributed by atoms with van der Waals surface area (Å²) in [6, 6.07) is 0.0559. The van der Waals surface area contributed by atoms with Crippen LogP contribution < -0.4 is 10.6 Å². The second-order valence-electron chi connectivity index (χ2n) is 6.01. The van der Waals surface area contributed by atoms with Gasteiger partial charge < -0.3 is 10.6 Å².